The molecule has 0 aromatic heterocycles. The summed E-state index contributed by atoms with van der Waals surface area (Å²) >= 11 is 3.42. The largest absolute Gasteiger partial charge is 0.324 e. The number of halogens is 1. The molecule has 2 aromatic rings. The fourth-order valence-electron chi connectivity index (χ4n) is 3.02. The van der Waals surface area contributed by atoms with Crippen LogP contribution in [0.4, 0.5) is 5.69 Å². The second-order valence-corrected chi connectivity index (χ2v) is 6.55. The van der Waals surface area contributed by atoms with E-state index >= 15 is 0 Å². The summed E-state index contributed by atoms with van der Waals surface area (Å²) in [4.78, 5) is 10.4. The van der Waals surface area contributed by atoms with Crippen molar-refractivity contribution >= 4 is 21.6 Å². The number of rotatable bonds is 3. The van der Waals surface area contributed by atoms with Crippen LogP contribution in [0.15, 0.2) is 46.9 Å². The van der Waals surface area contributed by atoms with Gasteiger partial charge in [0.2, 0.25) is 0 Å². The Kier molecular flexibility index (Phi) is 3.55. The summed E-state index contributed by atoms with van der Waals surface area (Å²) < 4.78 is 0.748. The van der Waals surface area contributed by atoms with Crippen LogP contribution in [0.25, 0.3) is 0 Å². The maximum Gasteiger partial charge on any atom is 0.270 e. The van der Waals surface area contributed by atoms with Gasteiger partial charge in [0.1, 0.15) is 0 Å². The molecule has 1 aliphatic rings. The van der Waals surface area contributed by atoms with Gasteiger partial charge in [-0.3, -0.25) is 10.1 Å². The van der Waals surface area contributed by atoms with Gasteiger partial charge in [0.15, 0.2) is 0 Å². The van der Waals surface area contributed by atoms with Gasteiger partial charge in [0, 0.05) is 22.1 Å². The highest BCUT2D eigenvalue weighted by atomic mass is 79.9. The predicted octanol–water partition coefficient (Wildman–Crippen LogP) is 3.40. The second kappa shape index (κ2) is 5.24. The molecule has 2 N–H and O–H groups in total. The van der Waals surface area contributed by atoms with E-state index in [0.29, 0.717) is 6.42 Å². The zero-order valence-electron chi connectivity index (χ0n) is 11.4. The summed E-state index contributed by atoms with van der Waals surface area (Å²) in [5.41, 5.74) is 9.94. The highest BCUT2D eigenvalue weighted by molar-refractivity contribution is 9.10. The Morgan fingerprint density at radius 2 is 1.81 bits per heavy atom. The summed E-state index contributed by atoms with van der Waals surface area (Å²) in [5, 5.41) is 10.8. The van der Waals surface area contributed by atoms with Crippen molar-refractivity contribution in [2.75, 3.05) is 0 Å². The third-order valence-electron chi connectivity index (χ3n) is 3.99. The molecule has 0 bridgehead atoms. The van der Waals surface area contributed by atoms with Gasteiger partial charge in [-0.15, -0.1) is 0 Å². The van der Waals surface area contributed by atoms with Crippen LogP contribution in [0.5, 0.6) is 0 Å². The van der Waals surface area contributed by atoms with E-state index in [4.69, 9.17) is 5.73 Å². The molecule has 0 heterocycles. The van der Waals surface area contributed by atoms with Crippen molar-refractivity contribution in [2.45, 2.75) is 24.8 Å². The van der Waals surface area contributed by atoms with Crippen LogP contribution >= 0.6 is 15.9 Å². The molecule has 3 rings (SSSR count). The van der Waals surface area contributed by atoms with Gasteiger partial charge in [0.25, 0.3) is 5.69 Å². The molecule has 0 spiro atoms. The number of benzene rings is 2. The first-order chi connectivity index (χ1) is 9.97. The van der Waals surface area contributed by atoms with Crippen LogP contribution < -0.4 is 5.73 Å². The van der Waals surface area contributed by atoms with Crippen molar-refractivity contribution < 1.29 is 4.92 Å². The molecular weight excluding hydrogens is 332 g/mol. The minimum atomic E-state index is -0.391. The number of fused-ring (bicyclic) bond motifs is 1. The Labute approximate surface area is 131 Å². The zero-order valence-corrected chi connectivity index (χ0v) is 13.0. The van der Waals surface area contributed by atoms with E-state index < -0.39 is 4.92 Å². The third-order valence-corrected chi connectivity index (χ3v) is 4.73. The number of nitro groups is 1. The van der Waals surface area contributed by atoms with Crippen LogP contribution in [0, 0.1) is 10.1 Å². The quantitative estimate of drug-likeness (QED) is 0.683. The first kappa shape index (κ1) is 14.2. The van der Waals surface area contributed by atoms with Crippen LogP contribution in [0.3, 0.4) is 0 Å². The standard InChI is InChI=1S/C16H15BrN2O2/c17-15-7-14(19(20)21)6-5-13(15)10-16(18)8-11-3-1-2-4-12(11)9-16/h1-7H,8-10,18H2. The van der Waals surface area contributed by atoms with E-state index in [1.165, 1.54) is 17.2 Å². The van der Waals surface area contributed by atoms with Crippen molar-refractivity contribution in [3.8, 4) is 0 Å². The van der Waals surface area contributed by atoms with Crippen LogP contribution in [-0.4, -0.2) is 10.5 Å². The van der Waals surface area contributed by atoms with E-state index in [0.717, 1.165) is 22.9 Å². The molecular formula is C16H15BrN2O2. The average molecular weight is 347 g/mol. The molecule has 0 saturated heterocycles. The van der Waals surface area contributed by atoms with E-state index in [1.807, 2.05) is 12.1 Å². The fourth-order valence-corrected chi connectivity index (χ4v) is 3.53. The van der Waals surface area contributed by atoms with Crippen LogP contribution in [-0.2, 0) is 19.3 Å². The summed E-state index contributed by atoms with van der Waals surface area (Å²) in [6, 6.07) is 13.2. The molecule has 0 fully saturated rings. The molecule has 5 heteroatoms. The highest BCUT2D eigenvalue weighted by Crippen LogP contribution is 2.33. The SMILES string of the molecule is NC1(Cc2ccc([N+](=O)[O-])cc2Br)Cc2ccccc2C1. The van der Waals surface area contributed by atoms with Gasteiger partial charge in [-0.2, -0.15) is 0 Å². The molecule has 2 aromatic carbocycles. The fraction of sp³-hybridized carbons (Fsp3) is 0.250. The molecule has 0 atom stereocenters. The molecule has 0 amide bonds. The summed E-state index contributed by atoms with van der Waals surface area (Å²) in [6.07, 6.45) is 2.37. The van der Waals surface area contributed by atoms with Crippen molar-refractivity contribution in [1.29, 1.82) is 0 Å². The lowest BCUT2D eigenvalue weighted by molar-refractivity contribution is -0.384. The molecule has 108 valence electrons. The van der Waals surface area contributed by atoms with E-state index in [2.05, 4.69) is 28.1 Å². The highest BCUT2D eigenvalue weighted by Gasteiger charge is 2.33. The van der Waals surface area contributed by atoms with E-state index in [1.54, 1.807) is 12.1 Å². The average Bonchev–Trinajstić information content (AvgIpc) is 2.76. The molecule has 21 heavy (non-hydrogen) atoms. The summed E-state index contributed by atoms with van der Waals surface area (Å²) in [5.74, 6) is 0. The number of nitrogens with two attached hydrogens (primary N) is 1. The van der Waals surface area contributed by atoms with Crippen molar-refractivity contribution in [1.82, 2.24) is 0 Å². The normalized spacial score (nSPS) is 15.7. The smallest absolute Gasteiger partial charge is 0.270 e. The molecule has 0 unspecified atom stereocenters. The maximum absolute atomic E-state index is 10.8. The molecule has 1 aliphatic carbocycles. The maximum atomic E-state index is 10.8. The van der Waals surface area contributed by atoms with Crippen molar-refractivity contribution in [2.24, 2.45) is 5.73 Å². The molecule has 0 saturated carbocycles. The lowest BCUT2D eigenvalue weighted by Crippen LogP contribution is -2.43. The van der Waals surface area contributed by atoms with Gasteiger partial charge in [-0.05, 0) is 36.0 Å². The summed E-state index contributed by atoms with van der Waals surface area (Å²) in [6.45, 7) is 0. The zero-order chi connectivity index (χ0) is 15.0. The Morgan fingerprint density at radius 1 is 1.19 bits per heavy atom. The number of hydrogen-bond donors (Lipinski definition) is 1. The first-order valence-corrected chi connectivity index (χ1v) is 7.55. The molecule has 0 aliphatic heterocycles. The Balaban J connectivity index is 1.83. The van der Waals surface area contributed by atoms with Crippen molar-refractivity contribution in [3.63, 3.8) is 0 Å². The Bertz CT molecular complexity index is 690. The van der Waals surface area contributed by atoms with Gasteiger partial charge >= 0.3 is 0 Å². The minimum Gasteiger partial charge on any atom is -0.324 e. The van der Waals surface area contributed by atoms with Gasteiger partial charge in [-0.1, -0.05) is 46.3 Å². The van der Waals surface area contributed by atoms with Crippen LogP contribution in [0.2, 0.25) is 0 Å². The van der Waals surface area contributed by atoms with Crippen LogP contribution in [0.1, 0.15) is 16.7 Å². The lowest BCUT2D eigenvalue weighted by atomic mass is 9.89. The van der Waals surface area contributed by atoms with E-state index in [-0.39, 0.29) is 11.2 Å². The van der Waals surface area contributed by atoms with Gasteiger partial charge in [-0.25, -0.2) is 0 Å². The van der Waals surface area contributed by atoms with Gasteiger partial charge in [0.05, 0.1) is 4.92 Å². The monoisotopic (exact) mass is 346 g/mol. The van der Waals surface area contributed by atoms with E-state index in [9.17, 15) is 10.1 Å². The molecule has 0 radical (unpaired) electrons. The summed E-state index contributed by atoms with van der Waals surface area (Å²) in [7, 11) is 0. The minimum absolute atomic E-state index is 0.0893. The Morgan fingerprint density at radius 3 is 2.33 bits per heavy atom. The number of nitrogens with zero attached hydrogens (tertiary/aromatic N) is 1. The second-order valence-electron chi connectivity index (χ2n) is 5.69. The molecule has 4 nitrogen and oxygen atoms in total. The first-order valence-electron chi connectivity index (χ1n) is 6.75. The Hall–Kier alpha value is -1.72. The third kappa shape index (κ3) is 2.84. The lowest BCUT2D eigenvalue weighted by Gasteiger charge is -2.24. The number of non-ortho nitro benzene ring substituents is 1. The number of hydrogen-bond acceptors (Lipinski definition) is 3. The topological polar surface area (TPSA) is 69.2 Å². The van der Waals surface area contributed by atoms with Gasteiger partial charge < -0.3 is 5.73 Å². The number of nitro benzene ring substituents is 1. The predicted molar refractivity (Wildman–Crippen MR) is 85.3 cm³/mol. The van der Waals surface area contributed by atoms with Crippen molar-refractivity contribution in [3.05, 3.63) is 73.7 Å².